The van der Waals surface area contributed by atoms with Crippen LogP contribution in [0.5, 0.6) is 0 Å². The van der Waals surface area contributed by atoms with E-state index in [1.165, 1.54) is 24.8 Å². The Hall–Kier alpha value is -3.06. The van der Waals surface area contributed by atoms with Crippen LogP contribution in [0.25, 0.3) is 11.0 Å². The lowest BCUT2D eigenvalue weighted by molar-refractivity contribution is -0.114. The summed E-state index contributed by atoms with van der Waals surface area (Å²) in [6.45, 7) is 5.43. The van der Waals surface area contributed by atoms with Crippen molar-refractivity contribution in [1.29, 1.82) is 0 Å². The van der Waals surface area contributed by atoms with Gasteiger partial charge in [0.2, 0.25) is 11.8 Å². The molecular weight excluding hydrogens is 388 g/mol. The normalized spacial score (nSPS) is 10.7. The van der Waals surface area contributed by atoms with Gasteiger partial charge in [-0.05, 0) is 66.9 Å². The molecule has 2 N–H and O–H groups in total. The highest BCUT2D eigenvalue weighted by Gasteiger charge is 2.10. The largest absolute Gasteiger partial charge is 0.423 e. The van der Waals surface area contributed by atoms with Gasteiger partial charge in [0.05, 0.1) is 5.75 Å². The zero-order valence-corrected chi connectivity index (χ0v) is 17.3. The Morgan fingerprint density at radius 1 is 0.966 bits per heavy atom. The van der Waals surface area contributed by atoms with Crippen LogP contribution in [-0.2, 0) is 15.3 Å². The minimum atomic E-state index is -0.389. The predicted molar refractivity (Wildman–Crippen MR) is 117 cm³/mol. The van der Waals surface area contributed by atoms with Crippen molar-refractivity contribution in [3.63, 3.8) is 0 Å². The van der Waals surface area contributed by atoms with E-state index < -0.39 is 0 Å². The first-order valence-corrected chi connectivity index (χ1v) is 10.3. The molecule has 0 fully saturated rings. The molecule has 0 bridgehead atoms. The summed E-state index contributed by atoms with van der Waals surface area (Å²) < 4.78 is 5.31. The van der Waals surface area contributed by atoms with Gasteiger partial charge in [0.1, 0.15) is 5.58 Å². The maximum atomic E-state index is 12.2. The van der Waals surface area contributed by atoms with E-state index in [2.05, 4.69) is 10.6 Å². The van der Waals surface area contributed by atoms with Crippen molar-refractivity contribution in [2.45, 2.75) is 26.5 Å². The number of benzene rings is 2. The number of carbonyl (C=O) groups excluding carboxylic acids is 2. The summed E-state index contributed by atoms with van der Waals surface area (Å²) in [5.41, 5.74) is 4.55. The van der Waals surface area contributed by atoms with Gasteiger partial charge >= 0.3 is 5.63 Å². The molecule has 0 aliphatic heterocycles. The number of anilines is 2. The van der Waals surface area contributed by atoms with Crippen molar-refractivity contribution >= 4 is 45.9 Å². The van der Waals surface area contributed by atoms with Crippen molar-refractivity contribution in [2.24, 2.45) is 0 Å². The molecule has 2 aromatic carbocycles. The molecular formula is C22H22N2O4S. The smallest absolute Gasteiger partial charge is 0.336 e. The Balaban J connectivity index is 1.61. The van der Waals surface area contributed by atoms with Crippen LogP contribution < -0.4 is 16.3 Å². The predicted octanol–water partition coefficient (Wildman–Crippen LogP) is 4.24. The Bertz CT molecular complexity index is 1120. The number of hydrogen-bond acceptors (Lipinski definition) is 5. The lowest BCUT2D eigenvalue weighted by atomic mass is 10.0. The Kier molecular flexibility index (Phi) is 6.39. The molecule has 0 radical (unpaired) electrons. The molecule has 0 aliphatic rings. The van der Waals surface area contributed by atoms with Crippen LogP contribution in [0.3, 0.4) is 0 Å². The summed E-state index contributed by atoms with van der Waals surface area (Å²) in [5, 5.41) is 6.39. The van der Waals surface area contributed by atoms with Crippen molar-refractivity contribution in [3.8, 4) is 0 Å². The lowest BCUT2D eigenvalue weighted by Gasteiger charge is -2.09. The average Bonchev–Trinajstić information content (AvgIpc) is 2.64. The minimum Gasteiger partial charge on any atom is -0.423 e. The highest BCUT2D eigenvalue weighted by molar-refractivity contribution is 7.99. The van der Waals surface area contributed by atoms with Gasteiger partial charge < -0.3 is 15.1 Å². The third-order valence-corrected chi connectivity index (χ3v) is 5.41. The van der Waals surface area contributed by atoms with Gasteiger partial charge in [-0.2, -0.15) is 0 Å². The number of thioether (sulfide) groups is 1. The zero-order chi connectivity index (χ0) is 21.0. The Labute approximate surface area is 172 Å². The van der Waals surface area contributed by atoms with E-state index in [1.54, 1.807) is 24.3 Å². The van der Waals surface area contributed by atoms with Gasteiger partial charge in [-0.25, -0.2) is 4.79 Å². The van der Waals surface area contributed by atoms with Crippen LogP contribution in [0.4, 0.5) is 11.4 Å². The first kappa shape index (κ1) is 20.7. The van der Waals surface area contributed by atoms with Crippen molar-refractivity contribution in [1.82, 2.24) is 0 Å². The van der Waals surface area contributed by atoms with Gasteiger partial charge in [0.15, 0.2) is 0 Å². The van der Waals surface area contributed by atoms with Crippen LogP contribution in [-0.4, -0.2) is 17.6 Å². The molecule has 0 unspecified atom stereocenters. The van der Waals surface area contributed by atoms with Crippen LogP contribution in [0.15, 0.2) is 51.7 Å². The van der Waals surface area contributed by atoms with Crippen molar-refractivity contribution < 1.29 is 14.0 Å². The summed E-state index contributed by atoms with van der Waals surface area (Å²) in [5.74, 6) is 0.493. The van der Waals surface area contributed by atoms with Gasteiger partial charge in [0.25, 0.3) is 0 Å². The van der Waals surface area contributed by atoms with Crippen molar-refractivity contribution in [2.75, 3.05) is 16.4 Å². The molecule has 0 saturated carbocycles. The number of fused-ring (bicyclic) bond motifs is 1. The summed E-state index contributed by atoms with van der Waals surface area (Å²) >= 11 is 1.43. The fourth-order valence-corrected chi connectivity index (χ4v) is 3.71. The molecule has 2 amide bonds. The maximum absolute atomic E-state index is 12.2. The van der Waals surface area contributed by atoms with Gasteiger partial charge in [-0.3, -0.25) is 9.59 Å². The standard InChI is InChI=1S/C22H22N2O4S/c1-13-8-19-16(10-22(27)28-20(19)9-14(13)2)11-29-12-21(26)24-18-6-4-17(5-7-18)23-15(3)25/h4-10H,11-12H2,1-3H3,(H,23,25)(H,24,26). The molecule has 0 saturated heterocycles. The molecule has 3 rings (SSSR count). The molecule has 0 atom stereocenters. The molecule has 150 valence electrons. The number of hydrogen-bond donors (Lipinski definition) is 2. The number of carbonyl (C=O) groups is 2. The third kappa shape index (κ3) is 5.48. The monoisotopic (exact) mass is 410 g/mol. The van der Waals surface area contributed by atoms with Crippen LogP contribution in [0, 0.1) is 13.8 Å². The van der Waals surface area contributed by atoms with Gasteiger partial charge in [0, 0.05) is 35.5 Å². The Morgan fingerprint density at radius 3 is 2.24 bits per heavy atom. The average molecular weight is 410 g/mol. The number of rotatable bonds is 6. The summed E-state index contributed by atoms with van der Waals surface area (Å²) in [6.07, 6.45) is 0. The summed E-state index contributed by atoms with van der Waals surface area (Å²) in [7, 11) is 0. The van der Waals surface area contributed by atoms with Crippen LogP contribution >= 0.6 is 11.8 Å². The number of amides is 2. The molecule has 7 heteroatoms. The van der Waals surface area contributed by atoms with E-state index in [4.69, 9.17) is 4.42 Å². The topological polar surface area (TPSA) is 88.4 Å². The molecule has 1 aromatic heterocycles. The summed E-state index contributed by atoms with van der Waals surface area (Å²) in [4.78, 5) is 35.1. The first-order valence-electron chi connectivity index (χ1n) is 9.11. The molecule has 3 aromatic rings. The molecule has 6 nitrogen and oxygen atoms in total. The second kappa shape index (κ2) is 8.96. The highest BCUT2D eigenvalue weighted by atomic mass is 32.2. The SMILES string of the molecule is CC(=O)Nc1ccc(NC(=O)CSCc2cc(=O)oc3cc(C)c(C)cc23)cc1. The molecule has 29 heavy (non-hydrogen) atoms. The van der Waals surface area contributed by atoms with E-state index in [1.807, 2.05) is 26.0 Å². The second-order valence-electron chi connectivity index (χ2n) is 6.82. The molecule has 0 aliphatic carbocycles. The van der Waals surface area contributed by atoms with E-state index in [-0.39, 0.29) is 23.2 Å². The van der Waals surface area contributed by atoms with Gasteiger partial charge in [-0.1, -0.05) is 0 Å². The lowest BCUT2D eigenvalue weighted by Crippen LogP contribution is -2.14. The zero-order valence-electron chi connectivity index (χ0n) is 16.5. The van der Waals surface area contributed by atoms with E-state index >= 15 is 0 Å². The highest BCUT2D eigenvalue weighted by Crippen LogP contribution is 2.24. The minimum absolute atomic E-state index is 0.137. The van der Waals surface area contributed by atoms with Crippen LogP contribution in [0.2, 0.25) is 0 Å². The van der Waals surface area contributed by atoms with E-state index in [9.17, 15) is 14.4 Å². The quantitative estimate of drug-likeness (QED) is 0.594. The number of nitrogens with one attached hydrogen (secondary N) is 2. The fraction of sp³-hybridized carbons (Fsp3) is 0.227. The third-order valence-electron chi connectivity index (χ3n) is 4.42. The Morgan fingerprint density at radius 2 is 1.59 bits per heavy atom. The second-order valence-corrected chi connectivity index (χ2v) is 7.81. The van der Waals surface area contributed by atoms with Crippen molar-refractivity contribution in [3.05, 3.63) is 69.6 Å². The molecule has 0 spiro atoms. The fourth-order valence-electron chi connectivity index (χ4n) is 2.89. The molecule has 1 heterocycles. The van der Waals surface area contributed by atoms with E-state index in [0.717, 1.165) is 22.1 Å². The van der Waals surface area contributed by atoms with Crippen LogP contribution in [0.1, 0.15) is 23.6 Å². The number of aryl methyl sites for hydroxylation is 2. The first-order chi connectivity index (χ1) is 13.8. The van der Waals surface area contributed by atoms with E-state index in [0.29, 0.717) is 22.7 Å². The van der Waals surface area contributed by atoms with Gasteiger partial charge in [-0.15, -0.1) is 11.8 Å². The summed E-state index contributed by atoms with van der Waals surface area (Å²) in [6, 6.07) is 12.3. The maximum Gasteiger partial charge on any atom is 0.336 e.